The van der Waals surface area contributed by atoms with Crippen LogP contribution >= 0.6 is 0 Å². The molecule has 2 amide bonds. The minimum atomic E-state index is -4.08. The first-order valence-electron chi connectivity index (χ1n) is 12.0. The predicted octanol–water partition coefficient (Wildman–Crippen LogP) is 3.06. The summed E-state index contributed by atoms with van der Waals surface area (Å²) in [6, 6.07) is 13.7. The fourth-order valence-electron chi connectivity index (χ4n) is 3.64. The first-order valence-corrected chi connectivity index (χ1v) is 13.4. The average Bonchev–Trinajstić information content (AvgIpc) is 2.84. The number of nitrogens with one attached hydrogen (secondary N) is 1. The molecule has 0 aliphatic carbocycles. The fraction of sp³-hybridized carbons (Fsp3) is 0.462. The molecular formula is C26H37FN4O4S. The lowest BCUT2D eigenvalue weighted by Crippen LogP contribution is -2.54. The molecule has 1 N–H and O–H groups in total. The van der Waals surface area contributed by atoms with Crippen molar-refractivity contribution in [1.29, 1.82) is 0 Å². The number of amides is 2. The van der Waals surface area contributed by atoms with Crippen LogP contribution in [0.4, 0.5) is 10.1 Å². The van der Waals surface area contributed by atoms with E-state index in [4.69, 9.17) is 0 Å². The number of benzene rings is 2. The van der Waals surface area contributed by atoms with Gasteiger partial charge in [0, 0.05) is 27.2 Å². The number of carbonyl (C=O) groups is 2. The molecule has 0 radical (unpaired) electrons. The van der Waals surface area contributed by atoms with Crippen LogP contribution in [0, 0.1) is 11.7 Å². The molecule has 2 rings (SSSR count). The number of nitrogens with zero attached hydrogens (tertiary/aromatic N) is 3. The van der Waals surface area contributed by atoms with Gasteiger partial charge < -0.3 is 10.2 Å². The van der Waals surface area contributed by atoms with E-state index in [1.165, 1.54) is 31.1 Å². The maximum Gasteiger partial charge on any atom is 0.304 e. The first kappa shape index (κ1) is 29.3. The van der Waals surface area contributed by atoms with E-state index in [1.807, 2.05) is 51.1 Å². The van der Waals surface area contributed by atoms with E-state index in [-0.39, 0.29) is 24.1 Å². The second kappa shape index (κ2) is 13.4. The SMILES string of the molecule is CCC(C(=O)NCC(C)C)N(CCc1ccccc1)C(=O)CN(c1ccc(F)cc1)S(=O)(=O)N(C)C. The molecule has 0 aromatic heterocycles. The molecule has 0 fully saturated rings. The van der Waals surface area contributed by atoms with E-state index in [2.05, 4.69) is 5.32 Å². The predicted molar refractivity (Wildman–Crippen MR) is 140 cm³/mol. The van der Waals surface area contributed by atoms with Gasteiger partial charge >= 0.3 is 10.2 Å². The molecule has 1 atom stereocenters. The van der Waals surface area contributed by atoms with Crippen molar-refractivity contribution >= 4 is 27.7 Å². The van der Waals surface area contributed by atoms with Crippen LogP contribution in [0.1, 0.15) is 32.8 Å². The average molecular weight is 521 g/mol. The Labute approximate surface area is 214 Å². The summed E-state index contributed by atoms with van der Waals surface area (Å²) in [6.07, 6.45) is 0.860. The number of halogens is 1. The van der Waals surface area contributed by atoms with Crippen molar-refractivity contribution in [3.05, 3.63) is 66.0 Å². The van der Waals surface area contributed by atoms with E-state index < -0.39 is 34.5 Å². The van der Waals surface area contributed by atoms with Gasteiger partial charge in [-0.2, -0.15) is 12.7 Å². The van der Waals surface area contributed by atoms with Crippen molar-refractivity contribution < 1.29 is 22.4 Å². The van der Waals surface area contributed by atoms with Gasteiger partial charge in [0.05, 0.1) is 5.69 Å². The molecule has 0 saturated heterocycles. The molecule has 0 bridgehead atoms. The Morgan fingerprint density at radius 2 is 1.61 bits per heavy atom. The van der Waals surface area contributed by atoms with Crippen LogP contribution in [0.3, 0.4) is 0 Å². The smallest absolute Gasteiger partial charge is 0.304 e. The zero-order chi connectivity index (χ0) is 26.9. The van der Waals surface area contributed by atoms with Gasteiger partial charge in [0.1, 0.15) is 18.4 Å². The van der Waals surface area contributed by atoms with E-state index in [0.717, 1.165) is 26.3 Å². The summed E-state index contributed by atoms with van der Waals surface area (Å²) in [5.41, 5.74) is 1.14. The van der Waals surface area contributed by atoms with Crippen LogP contribution in [0.25, 0.3) is 0 Å². The maximum absolute atomic E-state index is 13.7. The van der Waals surface area contributed by atoms with Crippen LogP contribution in [0.5, 0.6) is 0 Å². The Hall–Kier alpha value is -2.98. The van der Waals surface area contributed by atoms with Crippen LogP contribution in [-0.4, -0.2) is 69.2 Å². The van der Waals surface area contributed by atoms with Gasteiger partial charge in [-0.1, -0.05) is 51.1 Å². The lowest BCUT2D eigenvalue weighted by Gasteiger charge is -2.34. The molecule has 198 valence electrons. The summed E-state index contributed by atoms with van der Waals surface area (Å²) >= 11 is 0. The first-order chi connectivity index (χ1) is 17.0. The largest absolute Gasteiger partial charge is 0.354 e. The maximum atomic E-state index is 13.7. The van der Waals surface area contributed by atoms with Crippen LogP contribution < -0.4 is 9.62 Å². The molecule has 0 saturated carbocycles. The number of hydrogen-bond acceptors (Lipinski definition) is 4. The number of hydrogen-bond donors (Lipinski definition) is 1. The van der Waals surface area contributed by atoms with Crippen LogP contribution in [0.2, 0.25) is 0 Å². The quantitative estimate of drug-likeness (QED) is 0.440. The topological polar surface area (TPSA) is 90.0 Å². The summed E-state index contributed by atoms with van der Waals surface area (Å²) < 4.78 is 41.7. The molecule has 0 heterocycles. The molecule has 8 nitrogen and oxygen atoms in total. The van der Waals surface area contributed by atoms with E-state index in [9.17, 15) is 22.4 Å². The van der Waals surface area contributed by atoms with Crippen LogP contribution in [0.15, 0.2) is 54.6 Å². The Kier molecular flexibility index (Phi) is 10.9. The number of rotatable bonds is 13. The molecule has 2 aromatic rings. The third-order valence-electron chi connectivity index (χ3n) is 5.69. The second-order valence-corrected chi connectivity index (χ2v) is 11.2. The van der Waals surface area contributed by atoms with Crippen molar-refractivity contribution in [3.8, 4) is 0 Å². The normalized spacial score (nSPS) is 12.4. The van der Waals surface area contributed by atoms with Gasteiger partial charge in [-0.15, -0.1) is 0 Å². The molecular weight excluding hydrogens is 483 g/mol. The van der Waals surface area contributed by atoms with E-state index >= 15 is 0 Å². The third kappa shape index (κ3) is 8.03. The minimum Gasteiger partial charge on any atom is -0.354 e. The zero-order valence-corrected chi connectivity index (χ0v) is 22.5. The fourth-order valence-corrected chi connectivity index (χ4v) is 4.70. The molecule has 0 spiro atoms. The summed E-state index contributed by atoms with van der Waals surface area (Å²) in [5.74, 6) is -1.09. The van der Waals surface area contributed by atoms with Gasteiger partial charge in [-0.3, -0.25) is 9.59 Å². The Balaban J connectivity index is 2.40. The van der Waals surface area contributed by atoms with Gasteiger partial charge in [-0.05, 0) is 48.6 Å². The summed E-state index contributed by atoms with van der Waals surface area (Å²) in [7, 11) is -1.36. The standard InChI is InChI=1S/C26H37FN4O4S/c1-6-24(26(33)28-18-20(2)3)30(17-16-21-10-8-7-9-11-21)25(32)19-31(36(34,35)29(4)5)23-14-12-22(27)13-15-23/h7-15,20,24H,6,16-19H2,1-5H3,(H,28,33). The van der Waals surface area contributed by atoms with Gasteiger partial charge in [0.25, 0.3) is 0 Å². The number of carbonyl (C=O) groups excluding carboxylic acids is 2. The molecule has 1 unspecified atom stereocenters. The van der Waals surface area contributed by atoms with Crippen molar-refractivity contribution in [3.63, 3.8) is 0 Å². The van der Waals surface area contributed by atoms with Gasteiger partial charge in [0.15, 0.2) is 0 Å². The van der Waals surface area contributed by atoms with Crippen molar-refractivity contribution in [1.82, 2.24) is 14.5 Å². The number of anilines is 1. The summed E-state index contributed by atoms with van der Waals surface area (Å²) in [4.78, 5) is 28.2. The minimum absolute atomic E-state index is 0.152. The highest BCUT2D eigenvalue weighted by molar-refractivity contribution is 7.90. The second-order valence-electron chi connectivity index (χ2n) is 9.16. The van der Waals surface area contributed by atoms with Gasteiger partial charge in [-0.25, -0.2) is 8.70 Å². The molecule has 0 aliphatic rings. The molecule has 10 heteroatoms. The summed E-state index contributed by atoms with van der Waals surface area (Å²) in [5, 5.41) is 2.89. The highest BCUT2D eigenvalue weighted by Gasteiger charge is 2.33. The highest BCUT2D eigenvalue weighted by atomic mass is 32.2. The highest BCUT2D eigenvalue weighted by Crippen LogP contribution is 2.21. The Morgan fingerprint density at radius 1 is 1.00 bits per heavy atom. The zero-order valence-electron chi connectivity index (χ0n) is 21.6. The van der Waals surface area contributed by atoms with Gasteiger partial charge in [0.2, 0.25) is 11.8 Å². The summed E-state index contributed by atoms with van der Waals surface area (Å²) in [6.45, 7) is 5.94. The van der Waals surface area contributed by atoms with Crippen molar-refractivity contribution in [2.24, 2.45) is 5.92 Å². The molecule has 0 aliphatic heterocycles. The third-order valence-corrected chi connectivity index (χ3v) is 7.51. The molecule has 36 heavy (non-hydrogen) atoms. The van der Waals surface area contributed by atoms with E-state index in [1.54, 1.807) is 0 Å². The Bertz CT molecular complexity index is 1090. The van der Waals surface area contributed by atoms with Crippen molar-refractivity contribution in [2.75, 3.05) is 38.0 Å². The molecule has 2 aromatic carbocycles. The lowest BCUT2D eigenvalue weighted by atomic mass is 10.1. The Morgan fingerprint density at radius 3 is 2.14 bits per heavy atom. The van der Waals surface area contributed by atoms with Crippen molar-refractivity contribution in [2.45, 2.75) is 39.7 Å². The van der Waals surface area contributed by atoms with Crippen LogP contribution in [-0.2, 0) is 26.2 Å². The monoisotopic (exact) mass is 520 g/mol. The lowest BCUT2D eigenvalue weighted by molar-refractivity contribution is -0.139. The van der Waals surface area contributed by atoms with E-state index in [0.29, 0.717) is 19.4 Å².